The lowest BCUT2D eigenvalue weighted by molar-refractivity contribution is 0.0927. The SMILES string of the molecule is Cc1cc(C=NNC(=O)c2ccco2)c(C)n1-c1ccc2ncccc2c1. The molecule has 3 heterocycles. The summed E-state index contributed by atoms with van der Waals surface area (Å²) in [5.74, 6) is -0.158. The molecule has 0 aliphatic carbocycles. The molecule has 6 nitrogen and oxygen atoms in total. The van der Waals surface area contributed by atoms with Crippen molar-refractivity contribution in [1.82, 2.24) is 15.0 Å². The number of carbonyl (C=O) groups is 1. The van der Waals surface area contributed by atoms with Crippen molar-refractivity contribution >= 4 is 23.0 Å². The average molecular weight is 358 g/mol. The van der Waals surface area contributed by atoms with Gasteiger partial charge in [0.25, 0.3) is 0 Å². The van der Waals surface area contributed by atoms with Crippen molar-refractivity contribution in [1.29, 1.82) is 0 Å². The molecule has 0 saturated carbocycles. The molecule has 0 spiro atoms. The minimum atomic E-state index is -0.382. The van der Waals surface area contributed by atoms with Gasteiger partial charge in [-0.15, -0.1) is 0 Å². The Balaban J connectivity index is 1.61. The Morgan fingerprint density at radius 2 is 2.07 bits per heavy atom. The van der Waals surface area contributed by atoms with Gasteiger partial charge in [0.2, 0.25) is 0 Å². The fourth-order valence-corrected chi connectivity index (χ4v) is 3.14. The van der Waals surface area contributed by atoms with Gasteiger partial charge < -0.3 is 8.98 Å². The van der Waals surface area contributed by atoms with E-state index in [4.69, 9.17) is 4.42 Å². The van der Waals surface area contributed by atoms with Crippen LogP contribution in [0.25, 0.3) is 16.6 Å². The van der Waals surface area contributed by atoms with Crippen LogP contribution in [0, 0.1) is 13.8 Å². The normalized spacial score (nSPS) is 11.3. The van der Waals surface area contributed by atoms with Crippen molar-refractivity contribution in [3.63, 3.8) is 0 Å². The van der Waals surface area contributed by atoms with Crippen LogP contribution in [-0.4, -0.2) is 21.7 Å². The molecule has 4 aromatic rings. The zero-order valence-electron chi connectivity index (χ0n) is 15.0. The first-order valence-corrected chi connectivity index (χ1v) is 8.54. The van der Waals surface area contributed by atoms with Crippen LogP contribution in [0.4, 0.5) is 0 Å². The van der Waals surface area contributed by atoms with Crippen molar-refractivity contribution in [2.24, 2.45) is 5.10 Å². The standard InChI is InChI=1S/C21H18N4O2/c1-14-11-17(13-23-24-21(26)20-6-4-10-27-20)15(2)25(14)18-7-8-19-16(12-18)5-3-9-22-19/h3-13H,1-2H3,(H,24,26). The fraction of sp³-hybridized carbons (Fsp3) is 0.0952. The van der Waals surface area contributed by atoms with Crippen molar-refractivity contribution < 1.29 is 9.21 Å². The quantitative estimate of drug-likeness (QED) is 0.443. The van der Waals surface area contributed by atoms with Crippen molar-refractivity contribution in [3.05, 3.63) is 83.7 Å². The average Bonchev–Trinajstić information content (AvgIpc) is 3.30. The zero-order chi connectivity index (χ0) is 18.8. The summed E-state index contributed by atoms with van der Waals surface area (Å²) in [4.78, 5) is 16.2. The van der Waals surface area contributed by atoms with Crippen LogP contribution in [0.5, 0.6) is 0 Å². The predicted molar refractivity (Wildman–Crippen MR) is 104 cm³/mol. The van der Waals surface area contributed by atoms with Crippen molar-refractivity contribution in [2.45, 2.75) is 13.8 Å². The molecule has 1 aromatic carbocycles. The molecular formula is C21H18N4O2. The number of carbonyl (C=O) groups excluding carboxylic acids is 1. The number of aryl methyl sites for hydroxylation is 1. The van der Waals surface area contributed by atoms with Crippen LogP contribution < -0.4 is 5.43 Å². The van der Waals surface area contributed by atoms with Crippen LogP contribution in [0.15, 0.2) is 70.5 Å². The lowest BCUT2D eigenvalue weighted by Gasteiger charge is -2.10. The molecule has 3 aromatic heterocycles. The molecule has 0 unspecified atom stereocenters. The van der Waals surface area contributed by atoms with Crippen LogP contribution in [0.2, 0.25) is 0 Å². The third-order valence-corrected chi connectivity index (χ3v) is 4.43. The Morgan fingerprint density at radius 1 is 1.19 bits per heavy atom. The highest BCUT2D eigenvalue weighted by Crippen LogP contribution is 2.22. The number of nitrogens with zero attached hydrogens (tertiary/aromatic N) is 3. The summed E-state index contributed by atoms with van der Waals surface area (Å²) in [5.41, 5.74) is 7.54. The number of benzene rings is 1. The van der Waals surface area contributed by atoms with Gasteiger partial charge in [0.1, 0.15) is 0 Å². The molecule has 0 saturated heterocycles. The summed E-state index contributed by atoms with van der Waals surface area (Å²) < 4.78 is 7.20. The maximum Gasteiger partial charge on any atom is 0.307 e. The topological polar surface area (TPSA) is 72.4 Å². The molecule has 0 aliphatic rings. The molecule has 27 heavy (non-hydrogen) atoms. The third kappa shape index (κ3) is 3.25. The predicted octanol–water partition coefficient (Wildman–Crippen LogP) is 4.00. The second-order valence-electron chi connectivity index (χ2n) is 6.22. The van der Waals surface area contributed by atoms with Gasteiger partial charge in [-0.2, -0.15) is 5.10 Å². The van der Waals surface area contributed by atoms with E-state index in [2.05, 4.69) is 32.2 Å². The van der Waals surface area contributed by atoms with E-state index in [9.17, 15) is 4.79 Å². The first-order chi connectivity index (χ1) is 13.1. The molecule has 1 N–H and O–H groups in total. The van der Waals surface area contributed by atoms with Gasteiger partial charge in [0.15, 0.2) is 5.76 Å². The van der Waals surface area contributed by atoms with E-state index in [0.717, 1.165) is 33.5 Å². The number of fused-ring (bicyclic) bond motifs is 1. The van der Waals surface area contributed by atoms with Crippen LogP contribution in [-0.2, 0) is 0 Å². The van der Waals surface area contributed by atoms with Gasteiger partial charge in [-0.25, -0.2) is 5.43 Å². The Morgan fingerprint density at radius 3 is 2.89 bits per heavy atom. The summed E-state index contributed by atoms with van der Waals surface area (Å²) in [6.45, 7) is 4.06. The third-order valence-electron chi connectivity index (χ3n) is 4.43. The fourth-order valence-electron chi connectivity index (χ4n) is 3.14. The monoisotopic (exact) mass is 358 g/mol. The van der Waals surface area contributed by atoms with E-state index in [-0.39, 0.29) is 11.7 Å². The van der Waals surface area contributed by atoms with Gasteiger partial charge in [0, 0.05) is 34.2 Å². The Bertz CT molecular complexity index is 1140. The molecule has 0 fully saturated rings. The highest BCUT2D eigenvalue weighted by molar-refractivity contribution is 5.92. The maximum atomic E-state index is 11.9. The van der Waals surface area contributed by atoms with E-state index in [1.165, 1.54) is 6.26 Å². The Labute approximate surface area is 156 Å². The number of pyridine rings is 1. The number of furan rings is 1. The summed E-state index contributed by atoms with van der Waals surface area (Å²) in [7, 11) is 0. The Kier molecular flexibility index (Phi) is 4.30. The smallest absolute Gasteiger partial charge is 0.307 e. The number of hydrogen-bond donors (Lipinski definition) is 1. The van der Waals surface area contributed by atoms with Crippen molar-refractivity contribution in [3.8, 4) is 5.69 Å². The zero-order valence-corrected chi connectivity index (χ0v) is 15.0. The van der Waals surface area contributed by atoms with E-state index in [1.54, 1.807) is 24.5 Å². The van der Waals surface area contributed by atoms with Crippen molar-refractivity contribution in [2.75, 3.05) is 0 Å². The molecule has 0 radical (unpaired) electrons. The summed E-state index contributed by atoms with van der Waals surface area (Å²) >= 11 is 0. The molecule has 0 aliphatic heterocycles. The summed E-state index contributed by atoms with van der Waals surface area (Å²) in [5, 5.41) is 5.14. The molecule has 134 valence electrons. The number of amides is 1. The number of hydrazone groups is 1. The highest BCUT2D eigenvalue weighted by atomic mass is 16.3. The summed E-state index contributed by atoms with van der Waals surface area (Å²) in [6, 6.07) is 15.4. The Hall–Kier alpha value is -3.67. The second kappa shape index (κ2) is 6.92. The largest absolute Gasteiger partial charge is 0.459 e. The van der Waals surface area contributed by atoms with E-state index < -0.39 is 0 Å². The number of aromatic nitrogens is 2. The molecule has 1 amide bonds. The van der Waals surface area contributed by atoms with Gasteiger partial charge in [-0.1, -0.05) is 6.07 Å². The first-order valence-electron chi connectivity index (χ1n) is 8.54. The number of nitrogens with one attached hydrogen (secondary N) is 1. The minimum absolute atomic E-state index is 0.224. The van der Waals surface area contributed by atoms with E-state index in [1.807, 2.05) is 38.1 Å². The number of hydrogen-bond acceptors (Lipinski definition) is 4. The number of rotatable bonds is 4. The molecule has 4 rings (SSSR count). The molecule has 0 atom stereocenters. The second-order valence-corrected chi connectivity index (χ2v) is 6.22. The van der Waals surface area contributed by atoms with Crippen LogP contribution >= 0.6 is 0 Å². The van der Waals surface area contributed by atoms with Gasteiger partial charge in [-0.05, 0) is 56.3 Å². The lowest BCUT2D eigenvalue weighted by Crippen LogP contribution is -2.16. The molecule has 0 bridgehead atoms. The minimum Gasteiger partial charge on any atom is -0.459 e. The molecular weight excluding hydrogens is 340 g/mol. The molecule has 6 heteroatoms. The van der Waals surface area contributed by atoms with Gasteiger partial charge in [0.05, 0.1) is 18.0 Å². The lowest BCUT2D eigenvalue weighted by atomic mass is 10.2. The summed E-state index contributed by atoms with van der Waals surface area (Å²) in [6.07, 6.45) is 4.88. The highest BCUT2D eigenvalue weighted by Gasteiger charge is 2.11. The first kappa shape index (κ1) is 16.8. The van der Waals surface area contributed by atoms with Gasteiger partial charge >= 0.3 is 5.91 Å². The maximum absolute atomic E-state index is 11.9. The van der Waals surface area contributed by atoms with E-state index >= 15 is 0 Å². The van der Waals surface area contributed by atoms with Gasteiger partial charge in [-0.3, -0.25) is 9.78 Å². The van der Waals surface area contributed by atoms with Crippen LogP contribution in [0.3, 0.4) is 0 Å². The van der Waals surface area contributed by atoms with Crippen LogP contribution in [0.1, 0.15) is 27.5 Å². The van der Waals surface area contributed by atoms with E-state index in [0.29, 0.717) is 0 Å².